The van der Waals surface area contributed by atoms with E-state index in [2.05, 4.69) is 33.0 Å². The number of anilines is 1. The average molecular weight is 240 g/mol. The Kier molecular flexibility index (Phi) is 3.18. The topological polar surface area (TPSA) is 37.8 Å². The Morgan fingerprint density at radius 2 is 2.27 bits per heavy atom. The zero-order chi connectivity index (χ0) is 10.7. The van der Waals surface area contributed by atoms with E-state index >= 15 is 0 Å². The van der Waals surface area contributed by atoms with Crippen LogP contribution in [0.3, 0.4) is 0 Å². The number of hydrogen-bond donors (Lipinski definition) is 1. The second-order valence-corrected chi connectivity index (χ2v) is 4.29. The van der Waals surface area contributed by atoms with Crippen molar-refractivity contribution in [3.05, 3.63) is 39.4 Å². The molecule has 0 radical (unpaired) electrons. The largest absolute Gasteiger partial charge is 0.365 e. The van der Waals surface area contributed by atoms with Crippen LogP contribution in [0.2, 0.25) is 5.15 Å². The van der Waals surface area contributed by atoms with Gasteiger partial charge in [-0.3, -0.25) is 4.98 Å². The fourth-order valence-corrected chi connectivity index (χ4v) is 2.19. The molecule has 0 fully saturated rings. The van der Waals surface area contributed by atoms with Gasteiger partial charge in [-0.2, -0.15) is 11.3 Å². The highest BCUT2D eigenvalue weighted by Crippen LogP contribution is 2.15. The molecule has 0 saturated carbocycles. The Morgan fingerprint density at radius 1 is 1.40 bits per heavy atom. The predicted octanol–water partition coefficient (Wildman–Crippen LogP) is 3.11. The summed E-state index contributed by atoms with van der Waals surface area (Å²) >= 11 is 7.43. The number of nitrogens with one attached hydrogen (secondary N) is 1. The minimum absolute atomic E-state index is 0.405. The van der Waals surface area contributed by atoms with Crippen LogP contribution < -0.4 is 5.32 Å². The zero-order valence-corrected chi connectivity index (χ0v) is 9.77. The average Bonchev–Trinajstić information content (AvgIpc) is 2.61. The summed E-state index contributed by atoms with van der Waals surface area (Å²) in [5, 5.41) is 7.83. The summed E-state index contributed by atoms with van der Waals surface area (Å²) in [5.74, 6) is 0.702. The molecule has 0 amide bonds. The summed E-state index contributed by atoms with van der Waals surface area (Å²) in [5.41, 5.74) is 2.57. The first-order valence-corrected chi connectivity index (χ1v) is 5.81. The van der Waals surface area contributed by atoms with E-state index < -0.39 is 0 Å². The Labute approximate surface area is 97.2 Å². The molecule has 1 N–H and O–H groups in total. The number of thiophene rings is 1. The van der Waals surface area contributed by atoms with Crippen molar-refractivity contribution in [1.29, 1.82) is 0 Å². The lowest BCUT2D eigenvalue weighted by molar-refractivity contribution is 1.08. The molecule has 0 aliphatic rings. The number of aryl methyl sites for hydroxylation is 1. The molecule has 0 aromatic carbocycles. The zero-order valence-electron chi connectivity index (χ0n) is 8.20. The predicted molar refractivity (Wildman–Crippen MR) is 63.4 cm³/mol. The molecule has 2 aromatic heterocycles. The van der Waals surface area contributed by atoms with Gasteiger partial charge < -0.3 is 5.32 Å². The van der Waals surface area contributed by atoms with Gasteiger partial charge in [0.25, 0.3) is 0 Å². The number of halogens is 1. The molecule has 0 atom stereocenters. The monoisotopic (exact) mass is 239 g/mol. The molecule has 2 aromatic rings. The Bertz CT molecular complexity index is 455. The molecule has 0 aliphatic carbocycles. The van der Waals surface area contributed by atoms with Gasteiger partial charge >= 0.3 is 0 Å². The van der Waals surface area contributed by atoms with Crippen molar-refractivity contribution < 1.29 is 0 Å². The molecule has 15 heavy (non-hydrogen) atoms. The third-order valence-corrected chi connectivity index (χ3v) is 3.12. The van der Waals surface area contributed by atoms with E-state index in [1.54, 1.807) is 17.5 Å². The third kappa shape index (κ3) is 2.67. The Hall–Kier alpha value is -1.13. The summed E-state index contributed by atoms with van der Waals surface area (Å²) < 4.78 is 0. The summed E-state index contributed by atoms with van der Waals surface area (Å²) in [6.07, 6.45) is 3.18. The van der Waals surface area contributed by atoms with Crippen LogP contribution in [0.4, 0.5) is 5.82 Å². The van der Waals surface area contributed by atoms with E-state index in [-0.39, 0.29) is 0 Å². The van der Waals surface area contributed by atoms with Crippen LogP contribution >= 0.6 is 22.9 Å². The fourth-order valence-electron chi connectivity index (χ4n) is 1.18. The van der Waals surface area contributed by atoms with Crippen molar-refractivity contribution in [3.8, 4) is 0 Å². The summed E-state index contributed by atoms with van der Waals surface area (Å²) in [4.78, 5) is 8.05. The van der Waals surface area contributed by atoms with Gasteiger partial charge in [-0.05, 0) is 28.8 Å². The molecule has 0 unspecified atom stereocenters. The molecular weight excluding hydrogens is 230 g/mol. The summed E-state index contributed by atoms with van der Waals surface area (Å²) in [6.45, 7) is 2.85. The molecule has 0 saturated heterocycles. The van der Waals surface area contributed by atoms with Crippen LogP contribution in [-0.4, -0.2) is 9.97 Å². The molecule has 2 rings (SSSR count). The summed E-state index contributed by atoms with van der Waals surface area (Å²) in [7, 11) is 0. The van der Waals surface area contributed by atoms with Crippen molar-refractivity contribution in [2.75, 3.05) is 5.32 Å². The van der Waals surface area contributed by atoms with Gasteiger partial charge in [0.05, 0.1) is 12.4 Å². The highest BCUT2D eigenvalue weighted by atomic mass is 35.5. The third-order valence-electron chi connectivity index (χ3n) is 2.03. The summed E-state index contributed by atoms with van der Waals surface area (Å²) in [6, 6.07) is 0. The normalized spacial score (nSPS) is 10.3. The molecule has 5 heteroatoms. The van der Waals surface area contributed by atoms with Crippen molar-refractivity contribution in [2.45, 2.75) is 13.5 Å². The van der Waals surface area contributed by atoms with Crippen molar-refractivity contribution in [3.63, 3.8) is 0 Å². The Balaban J connectivity index is 2.02. The van der Waals surface area contributed by atoms with Gasteiger partial charge in [-0.25, -0.2) is 4.98 Å². The van der Waals surface area contributed by atoms with Gasteiger partial charge in [0, 0.05) is 6.54 Å². The van der Waals surface area contributed by atoms with E-state index in [0.717, 1.165) is 6.54 Å². The lowest BCUT2D eigenvalue weighted by Crippen LogP contribution is -2.01. The van der Waals surface area contributed by atoms with Crippen LogP contribution in [-0.2, 0) is 6.54 Å². The van der Waals surface area contributed by atoms with Crippen LogP contribution in [0.15, 0.2) is 23.2 Å². The molecule has 0 bridgehead atoms. The maximum atomic E-state index is 5.73. The van der Waals surface area contributed by atoms with E-state index in [0.29, 0.717) is 11.0 Å². The SMILES string of the molecule is Cc1cscc1CNc1cncc(Cl)n1. The second kappa shape index (κ2) is 4.59. The number of rotatable bonds is 3. The van der Waals surface area contributed by atoms with Crippen LogP contribution in [0.5, 0.6) is 0 Å². The highest BCUT2D eigenvalue weighted by Gasteiger charge is 2.00. The fraction of sp³-hybridized carbons (Fsp3) is 0.200. The van der Waals surface area contributed by atoms with Gasteiger partial charge in [0.1, 0.15) is 11.0 Å². The van der Waals surface area contributed by atoms with Gasteiger partial charge in [-0.1, -0.05) is 11.6 Å². The number of hydrogen-bond acceptors (Lipinski definition) is 4. The standard InChI is InChI=1S/C10H10ClN3S/c1-7-5-15-6-8(7)2-13-10-4-12-3-9(11)14-10/h3-6H,2H2,1H3,(H,13,14). The van der Waals surface area contributed by atoms with Crippen molar-refractivity contribution >= 4 is 28.8 Å². The molecule has 0 spiro atoms. The van der Waals surface area contributed by atoms with Gasteiger partial charge in [0.15, 0.2) is 0 Å². The minimum Gasteiger partial charge on any atom is -0.365 e. The number of nitrogens with zero attached hydrogens (tertiary/aromatic N) is 2. The van der Waals surface area contributed by atoms with Crippen molar-refractivity contribution in [2.24, 2.45) is 0 Å². The first kappa shape index (κ1) is 10.4. The lowest BCUT2D eigenvalue weighted by atomic mass is 10.2. The molecule has 0 aliphatic heterocycles. The first-order valence-electron chi connectivity index (χ1n) is 4.49. The highest BCUT2D eigenvalue weighted by molar-refractivity contribution is 7.08. The smallest absolute Gasteiger partial charge is 0.149 e. The Morgan fingerprint density at radius 3 is 2.93 bits per heavy atom. The van der Waals surface area contributed by atoms with E-state index in [9.17, 15) is 0 Å². The van der Waals surface area contributed by atoms with Crippen LogP contribution in [0.1, 0.15) is 11.1 Å². The van der Waals surface area contributed by atoms with Crippen LogP contribution in [0, 0.1) is 6.92 Å². The maximum Gasteiger partial charge on any atom is 0.149 e. The van der Waals surface area contributed by atoms with Crippen LogP contribution in [0.25, 0.3) is 0 Å². The molecule has 78 valence electrons. The second-order valence-electron chi connectivity index (χ2n) is 3.16. The van der Waals surface area contributed by atoms with Gasteiger partial charge in [0.2, 0.25) is 0 Å². The minimum atomic E-state index is 0.405. The molecular formula is C10H10ClN3S. The van der Waals surface area contributed by atoms with Crippen molar-refractivity contribution in [1.82, 2.24) is 9.97 Å². The van der Waals surface area contributed by atoms with E-state index in [4.69, 9.17) is 11.6 Å². The number of aromatic nitrogens is 2. The molecule has 2 heterocycles. The maximum absolute atomic E-state index is 5.73. The molecule has 3 nitrogen and oxygen atoms in total. The first-order chi connectivity index (χ1) is 7.25. The quantitative estimate of drug-likeness (QED) is 0.895. The van der Waals surface area contributed by atoms with E-state index in [1.165, 1.54) is 17.3 Å². The van der Waals surface area contributed by atoms with Gasteiger partial charge in [-0.15, -0.1) is 0 Å². The van der Waals surface area contributed by atoms with E-state index in [1.807, 2.05) is 0 Å². The lowest BCUT2D eigenvalue weighted by Gasteiger charge is -2.04.